The zero-order valence-corrected chi connectivity index (χ0v) is 16.4. The first-order valence-electron chi connectivity index (χ1n) is 9.79. The number of nitrogens with one attached hydrogen (secondary N) is 1. The van der Waals surface area contributed by atoms with Gasteiger partial charge in [-0.05, 0) is 44.1 Å². The number of anilines is 1. The number of ether oxygens (including phenoxy) is 1. The summed E-state index contributed by atoms with van der Waals surface area (Å²) < 4.78 is 4.84. The van der Waals surface area contributed by atoms with Crippen molar-refractivity contribution in [2.75, 3.05) is 57.8 Å². The highest BCUT2D eigenvalue weighted by Gasteiger charge is 2.28. The van der Waals surface area contributed by atoms with Crippen molar-refractivity contribution in [3.63, 3.8) is 0 Å². The van der Waals surface area contributed by atoms with Gasteiger partial charge in [-0.15, -0.1) is 0 Å². The number of hydrogen-bond acceptors (Lipinski definition) is 6. The molecule has 0 saturated carbocycles. The van der Waals surface area contributed by atoms with Crippen LogP contribution in [0.15, 0.2) is 18.2 Å². The standard InChI is InChI=1S/C21H28N4O3/c1-28-21(27)19-5-4-18(15-17(19)3-2-8-22)24-11-13-25(14-12-24)20(26)16-6-9-23-10-7-16/h4-5,15-16,23H,6-14,22H2,1H3. The number of esters is 1. The Labute approximate surface area is 166 Å². The SMILES string of the molecule is COC(=O)c1ccc(N2CCN(C(=O)C3CCNCC3)CC2)cc1C#CCN. The Hall–Kier alpha value is -2.56. The van der Waals surface area contributed by atoms with Gasteiger partial charge in [0.05, 0.1) is 19.2 Å². The van der Waals surface area contributed by atoms with Crippen molar-refractivity contribution >= 4 is 17.6 Å². The van der Waals surface area contributed by atoms with Crippen LogP contribution >= 0.6 is 0 Å². The molecule has 1 aromatic rings. The van der Waals surface area contributed by atoms with E-state index in [-0.39, 0.29) is 18.4 Å². The smallest absolute Gasteiger partial charge is 0.339 e. The molecule has 2 heterocycles. The van der Waals surface area contributed by atoms with Crippen molar-refractivity contribution < 1.29 is 14.3 Å². The minimum Gasteiger partial charge on any atom is -0.465 e. The molecule has 2 fully saturated rings. The lowest BCUT2D eigenvalue weighted by Crippen LogP contribution is -2.51. The number of benzene rings is 1. The normalized spacial score (nSPS) is 17.6. The van der Waals surface area contributed by atoms with Crippen LogP contribution < -0.4 is 16.0 Å². The van der Waals surface area contributed by atoms with Crippen LogP contribution in [0.4, 0.5) is 5.69 Å². The minimum atomic E-state index is -0.412. The molecular weight excluding hydrogens is 356 g/mol. The summed E-state index contributed by atoms with van der Waals surface area (Å²) in [6, 6.07) is 5.55. The van der Waals surface area contributed by atoms with Gasteiger partial charge in [0.2, 0.25) is 5.91 Å². The number of amides is 1. The number of methoxy groups -OCH3 is 1. The maximum absolute atomic E-state index is 12.7. The molecule has 0 unspecified atom stereocenters. The van der Waals surface area contributed by atoms with Crippen LogP contribution in [-0.4, -0.2) is 69.7 Å². The quantitative estimate of drug-likeness (QED) is 0.581. The summed E-state index contributed by atoms with van der Waals surface area (Å²) in [5.41, 5.74) is 7.52. The van der Waals surface area contributed by atoms with Crippen LogP contribution in [0, 0.1) is 17.8 Å². The third-order valence-corrected chi connectivity index (χ3v) is 5.38. The highest BCUT2D eigenvalue weighted by molar-refractivity contribution is 5.93. The van der Waals surface area contributed by atoms with Gasteiger partial charge >= 0.3 is 5.97 Å². The summed E-state index contributed by atoms with van der Waals surface area (Å²) >= 11 is 0. The van der Waals surface area contributed by atoms with Crippen LogP contribution in [0.5, 0.6) is 0 Å². The van der Waals surface area contributed by atoms with Crippen LogP contribution in [0.25, 0.3) is 0 Å². The number of nitrogens with two attached hydrogens (primary N) is 1. The van der Waals surface area contributed by atoms with E-state index in [0.29, 0.717) is 24.2 Å². The fraction of sp³-hybridized carbons (Fsp3) is 0.524. The van der Waals surface area contributed by atoms with E-state index in [2.05, 4.69) is 22.1 Å². The predicted molar refractivity (Wildman–Crippen MR) is 108 cm³/mol. The van der Waals surface area contributed by atoms with Gasteiger partial charge in [0.25, 0.3) is 0 Å². The number of carbonyl (C=O) groups is 2. The largest absolute Gasteiger partial charge is 0.465 e. The van der Waals surface area contributed by atoms with E-state index in [1.54, 1.807) is 6.07 Å². The molecule has 0 aromatic heterocycles. The van der Waals surface area contributed by atoms with E-state index in [9.17, 15) is 9.59 Å². The monoisotopic (exact) mass is 384 g/mol. The minimum absolute atomic E-state index is 0.158. The predicted octanol–water partition coefficient (Wildman–Crippen LogP) is 0.432. The summed E-state index contributed by atoms with van der Waals surface area (Å²) in [7, 11) is 1.36. The van der Waals surface area contributed by atoms with E-state index in [0.717, 1.165) is 44.7 Å². The number of piperazine rings is 1. The summed E-state index contributed by atoms with van der Waals surface area (Å²) in [5.74, 6) is 5.81. The Balaban J connectivity index is 1.68. The molecule has 150 valence electrons. The summed E-state index contributed by atoms with van der Waals surface area (Å²) in [5, 5.41) is 3.31. The van der Waals surface area contributed by atoms with Gasteiger partial charge in [0, 0.05) is 43.3 Å². The molecule has 2 aliphatic rings. The van der Waals surface area contributed by atoms with Gasteiger partial charge in [0.1, 0.15) is 0 Å². The van der Waals surface area contributed by atoms with Crippen LogP contribution in [0.2, 0.25) is 0 Å². The molecule has 0 atom stereocenters. The highest BCUT2D eigenvalue weighted by Crippen LogP contribution is 2.23. The maximum Gasteiger partial charge on any atom is 0.339 e. The first-order valence-corrected chi connectivity index (χ1v) is 9.79. The first kappa shape index (κ1) is 20.2. The molecule has 2 saturated heterocycles. The van der Waals surface area contributed by atoms with Gasteiger partial charge in [-0.2, -0.15) is 0 Å². The van der Waals surface area contributed by atoms with Crippen molar-refractivity contribution in [2.45, 2.75) is 12.8 Å². The van der Waals surface area contributed by atoms with Crippen LogP contribution in [-0.2, 0) is 9.53 Å². The Morgan fingerprint density at radius 1 is 1.21 bits per heavy atom. The van der Waals surface area contributed by atoms with Crippen molar-refractivity contribution in [3.8, 4) is 11.8 Å². The highest BCUT2D eigenvalue weighted by atomic mass is 16.5. The maximum atomic E-state index is 12.7. The Kier molecular flexibility index (Phi) is 6.90. The van der Waals surface area contributed by atoms with E-state index in [1.807, 2.05) is 17.0 Å². The summed E-state index contributed by atoms with van der Waals surface area (Å²) in [4.78, 5) is 28.9. The molecule has 1 aromatic carbocycles. The second-order valence-electron chi connectivity index (χ2n) is 7.06. The fourth-order valence-electron chi connectivity index (χ4n) is 3.78. The number of nitrogens with zero attached hydrogens (tertiary/aromatic N) is 2. The lowest BCUT2D eigenvalue weighted by Gasteiger charge is -2.38. The molecule has 2 aliphatic heterocycles. The Morgan fingerprint density at radius 2 is 1.93 bits per heavy atom. The van der Waals surface area contributed by atoms with E-state index in [1.165, 1.54) is 7.11 Å². The van der Waals surface area contributed by atoms with Gasteiger partial charge in [-0.3, -0.25) is 4.79 Å². The third-order valence-electron chi connectivity index (χ3n) is 5.38. The molecule has 0 aliphatic carbocycles. The average Bonchev–Trinajstić information content (AvgIpc) is 2.77. The molecular formula is C21H28N4O3. The van der Waals surface area contributed by atoms with Gasteiger partial charge < -0.3 is 25.6 Å². The number of rotatable bonds is 3. The average molecular weight is 384 g/mol. The molecule has 0 radical (unpaired) electrons. The number of hydrogen-bond donors (Lipinski definition) is 2. The second kappa shape index (κ2) is 9.58. The van der Waals surface area contributed by atoms with Crippen LogP contribution in [0.1, 0.15) is 28.8 Å². The molecule has 3 N–H and O–H groups in total. The van der Waals surface area contributed by atoms with E-state index < -0.39 is 5.97 Å². The number of piperidine rings is 1. The third kappa shape index (κ3) is 4.64. The molecule has 1 amide bonds. The van der Waals surface area contributed by atoms with Crippen molar-refractivity contribution in [1.82, 2.24) is 10.2 Å². The molecule has 28 heavy (non-hydrogen) atoms. The molecule has 0 bridgehead atoms. The fourth-order valence-corrected chi connectivity index (χ4v) is 3.78. The lowest BCUT2D eigenvalue weighted by molar-refractivity contribution is -0.136. The topological polar surface area (TPSA) is 87.9 Å². The molecule has 7 heteroatoms. The summed E-state index contributed by atoms with van der Waals surface area (Å²) in [6.45, 7) is 5.03. The zero-order valence-electron chi connectivity index (χ0n) is 16.4. The summed E-state index contributed by atoms with van der Waals surface area (Å²) in [6.07, 6.45) is 1.86. The van der Waals surface area contributed by atoms with Crippen molar-refractivity contribution in [1.29, 1.82) is 0 Å². The Bertz CT molecular complexity index is 770. The van der Waals surface area contributed by atoms with Gasteiger partial charge in [-0.25, -0.2) is 4.79 Å². The first-order chi connectivity index (χ1) is 13.6. The Morgan fingerprint density at radius 3 is 2.57 bits per heavy atom. The van der Waals surface area contributed by atoms with E-state index >= 15 is 0 Å². The van der Waals surface area contributed by atoms with Gasteiger partial charge in [-0.1, -0.05) is 11.8 Å². The molecule has 7 nitrogen and oxygen atoms in total. The van der Waals surface area contributed by atoms with Crippen molar-refractivity contribution in [3.05, 3.63) is 29.3 Å². The molecule has 3 rings (SSSR count). The lowest BCUT2D eigenvalue weighted by atomic mass is 9.96. The van der Waals surface area contributed by atoms with Crippen molar-refractivity contribution in [2.24, 2.45) is 11.7 Å². The second-order valence-corrected chi connectivity index (χ2v) is 7.06. The number of carbonyl (C=O) groups excluding carboxylic acids is 2. The van der Waals surface area contributed by atoms with Gasteiger partial charge in [0.15, 0.2) is 0 Å². The molecule has 0 spiro atoms. The zero-order chi connectivity index (χ0) is 19.9. The van der Waals surface area contributed by atoms with E-state index in [4.69, 9.17) is 10.5 Å². The van der Waals surface area contributed by atoms with Crippen LogP contribution in [0.3, 0.4) is 0 Å².